The monoisotopic (exact) mass is 361 g/mol. The molecule has 1 aromatic carbocycles. The summed E-state index contributed by atoms with van der Waals surface area (Å²) in [4.78, 5) is 10.0. The lowest BCUT2D eigenvalue weighted by atomic mass is 10.0. The lowest BCUT2D eigenvalue weighted by molar-refractivity contribution is 0.121. The molecule has 4 heterocycles. The van der Waals surface area contributed by atoms with Crippen LogP contribution in [0.3, 0.4) is 0 Å². The van der Waals surface area contributed by atoms with Crippen molar-refractivity contribution in [2.75, 3.05) is 26.3 Å². The van der Waals surface area contributed by atoms with Gasteiger partial charge in [-0.15, -0.1) is 0 Å². The largest absolute Gasteiger partial charge is 0.380 e. The lowest BCUT2D eigenvalue weighted by Gasteiger charge is -2.23. The van der Waals surface area contributed by atoms with Crippen LogP contribution in [-0.2, 0) is 17.7 Å². The number of fused-ring (bicyclic) bond motifs is 2. The summed E-state index contributed by atoms with van der Waals surface area (Å²) >= 11 is 0. The van der Waals surface area contributed by atoms with Crippen molar-refractivity contribution in [3.63, 3.8) is 0 Å². The number of benzene rings is 1. The molecule has 1 saturated heterocycles. The molecule has 138 valence electrons. The van der Waals surface area contributed by atoms with Gasteiger partial charge in [0, 0.05) is 49.7 Å². The minimum atomic E-state index is 0.442. The molecule has 1 fully saturated rings. The van der Waals surface area contributed by atoms with E-state index < -0.39 is 0 Å². The Morgan fingerprint density at radius 3 is 3.19 bits per heavy atom. The van der Waals surface area contributed by atoms with Gasteiger partial charge in [0.15, 0.2) is 5.65 Å². The first-order valence-electron chi connectivity index (χ1n) is 9.49. The molecule has 0 saturated carbocycles. The van der Waals surface area contributed by atoms with Crippen molar-refractivity contribution < 1.29 is 4.74 Å². The molecule has 0 aliphatic carbocycles. The highest BCUT2D eigenvalue weighted by atomic mass is 16.5. The molecule has 1 N–H and O–H groups in total. The fourth-order valence-corrected chi connectivity index (χ4v) is 3.94. The van der Waals surface area contributed by atoms with Crippen molar-refractivity contribution >= 4 is 16.6 Å². The zero-order valence-corrected chi connectivity index (χ0v) is 15.2. The van der Waals surface area contributed by atoms with Crippen LogP contribution >= 0.6 is 0 Å². The van der Waals surface area contributed by atoms with E-state index in [0.717, 1.165) is 50.6 Å². The Morgan fingerprint density at radius 1 is 1.19 bits per heavy atom. The summed E-state index contributed by atoms with van der Waals surface area (Å²) in [6, 6.07) is 12.9. The molecule has 0 unspecified atom stereocenters. The second kappa shape index (κ2) is 7.13. The summed E-state index contributed by atoms with van der Waals surface area (Å²) in [5.41, 5.74) is 4.51. The summed E-state index contributed by atoms with van der Waals surface area (Å²) in [5, 5.41) is 5.95. The molecule has 1 aliphatic rings. The summed E-state index contributed by atoms with van der Waals surface area (Å²) in [5.74, 6) is 0.442. The third-order valence-electron chi connectivity index (χ3n) is 5.25. The van der Waals surface area contributed by atoms with Crippen LogP contribution in [0, 0.1) is 5.92 Å². The molecule has 0 amide bonds. The molecular formula is C21H23N5O. The van der Waals surface area contributed by atoms with E-state index in [0.29, 0.717) is 5.92 Å². The van der Waals surface area contributed by atoms with E-state index in [2.05, 4.69) is 50.3 Å². The quantitative estimate of drug-likeness (QED) is 0.607. The molecule has 0 bridgehead atoms. The molecule has 1 atom stereocenters. The highest BCUT2D eigenvalue weighted by Gasteiger charge is 2.20. The lowest BCUT2D eigenvalue weighted by Crippen LogP contribution is -2.30. The van der Waals surface area contributed by atoms with E-state index in [1.807, 2.05) is 23.0 Å². The van der Waals surface area contributed by atoms with E-state index in [1.54, 1.807) is 6.20 Å². The summed E-state index contributed by atoms with van der Waals surface area (Å²) in [6.07, 6.45) is 6.59. The molecule has 1 aliphatic heterocycles. The second-order valence-corrected chi connectivity index (χ2v) is 7.33. The summed E-state index contributed by atoms with van der Waals surface area (Å²) < 4.78 is 7.73. The van der Waals surface area contributed by atoms with Crippen molar-refractivity contribution in [3.05, 3.63) is 66.2 Å². The number of nitrogens with one attached hydrogen (secondary N) is 1. The van der Waals surface area contributed by atoms with Crippen LogP contribution in [0.2, 0.25) is 0 Å². The molecule has 6 heteroatoms. The summed E-state index contributed by atoms with van der Waals surface area (Å²) in [7, 11) is 0. The van der Waals surface area contributed by atoms with Crippen LogP contribution in [-0.4, -0.2) is 50.8 Å². The van der Waals surface area contributed by atoms with Gasteiger partial charge in [-0.25, -0.2) is 9.50 Å². The van der Waals surface area contributed by atoms with Crippen LogP contribution in [0.4, 0.5) is 0 Å². The van der Waals surface area contributed by atoms with Gasteiger partial charge >= 0.3 is 0 Å². The first kappa shape index (κ1) is 16.5. The first-order valence-corrected chi connectivity index (χ1v) is 9.49. The van der Waals surface area contributed by atoms with Gasteiger partial charge < -0.3 is 9.72 Å². The van der Waals surface area contributed by atoms with Crippen molar-refractivity contribution in [2.45, 2.75) is 13.0 Å². The zero-order valence-electron chi connectivity index (χ0n) is 15.2. The SMILES string of the molecule is c1cn2nc(C[C@@H]3COCCN(Cc4ccc5[nH]ccc5c4)C3)ccc2n1. The molecule has 27 heavy (non-hydrogen) atoms. The Bertz CT molecular complexity index is 969. The maximum absolute atomic E-state index is 5.88. The van der Waals surface area contributed by atoms with Crippen molar-refractivity contribution in [1.82, 2.24) is 24.5 Å². The van der Waals surface area contributed by atoms with Gasteiger partial charge in [0.1, 0.15) is 0 Å². The molecule has 3 aromatic heterocycles. The minimum absolute atomic E-state index is 0.442. The summed E-state index contributed by atoms with van der Waals surface area (Å²) in [6.45, 7) is 4.52. The minimum Gasteiger partial charge on any atom is -0.380 e. The number of aromatic amines is 1. The van der Waals surface area contributed by atoms with Crippen LogP contribution < -0.4 is 0 Å². The van der Waals surface area contributed by atoms with Crippen molar-refractivity contribution in [1.29, 1.82) is 0 Å². The first-order chi connectivity index (χ1) is 13.3. The predicted molar refractivity (Wildman–Crippen MR) is 105 cm³/mol. The number of rotatable bonds is 4. The molecule has 0 radical (unpaired) electrons. The highest BCUT2D eigenvalue weighted by Crippen LogP contribution is 2.18. The standard InChI is InChI=1S/C21H23N5O/c1-3-20-18(5-6-22-20)11-16(1)13-25-9-10-27-15-17(14-25)12-19-2-4-21-23-7-8-26(21)24-19/h1-8,11,17,22H,9-10,12-15H2/t17-/m0/s1. The van der Waals surface area contributed by atoms with Crippen LogP contribution in [0.1, 0.15) is 11.3 Å². The molecule has 0 spiro atoms. The van der Waals surface area contributed by atoms with Crippen LogP contribution in [0.5, 0.6) is 0 Å². The van der Waals surface area contributed by atoms with Gasteiger partial charge in [-0.05, 0) is 47.7 Å². The number of ether oxygens (including phenoxy) is 1. The van der Waals surface area contributed by atoms with E-state index in [-0.39, 0.29) is 0 Å². The Labute approximate surface area is 157 Å². The molecular weight excluding hydrogens is 338 g/mol. The van der Waals surface area contributed by atoms with Gasteiger partial charge in [0.2, 0.25) is 0 Å². The number of aromatic nitrogens is 4. The number of nitrogens with zero attached hydrogens (tertiary/aromatic N) is 4. The average Bonchev–Trinajstić information content (AvgIpc) is 3.27. The fourth-order valence-electron chi connectivity index (χ4n) is 3.94. The van der Waals surface area contributed by atoms with Gasteiger partial charge in [0.25, 0.3) is 0 Å². The Balaban J connectivity index is 1.29. The maximum atomic E-state index is 5.88. The fraction of sp³-hybridized carbons (Fsp3) is 0.333. The number of H-pyrrole nitrogens is 1. The molecule has 4 aromatic rings. The number of hydrogen-bond acceptors (Lipinski definition) is 4. The Kier molecular flexibility index (Phi) is 4.35. The molecule has 6 nitrogen and oxygen atoms in total. The normalized spacial score (nSPS) is 18.9. The van der Waals surface area contributed by atoms with Gasteiger partial charge in [-0.3, -0.25) is 4.90 Å². The smallest absolute Gasteiger partial charge is 0.153 e. The van der Waals surface area contributed by atoms with Gasteiger partial charge in [0.05, 0.1) is 18.9 Å². The van der Waals surface area contributed by atoms with E-state index in [4.69, 9.17) is 4.74 Å². The third kappa shape index (κ3) is 3.59. The van der Waals surface area contributed by atoms with Crippen LogP contribution in [0.15, 0.2) is 55.0 Å². The van der Waals surface area contributed by atoms with E-state index in [1.165, 1.54) is 16.5 Å². The predicted octanol–water partition coefficient (Wildman–Crippen LogP) is 2.90. The van der Waals surface area contributed by atoms with E-state index >= 15 is 0 Å². The van der Waals surface area contributed by atoms with Crippen LogP contribution in [0.25, 0.3) is 16.6 Å². The topological polar surface area (TPSA) is 58.5 Å². The van der Waals surface area contributed by atoms with Gasteiger partial charge in [-0.2, -0.15) is 5.10 Å². The number of hydrogen-bond donors (Lipinski definition) is 1. The maximum Gasteiger partial charge on any atom is 0.153 e. The Morgan fingerprint density at radius 2 is 2.19 bits per heavy atom. The third-order valence-corrected chi connectivity index (χ3v) is 5.25. The Hall–Kier alpha value is -2.70. The highest BCUT2D eigenvalue weighted by molar-refractivity contribution is 5.79. The van der Waals surface area contributed by atoms with E-state index in [9.17, 15) is 0 Å². The average molecular weight is 361 g/mol. The second-order valence-electron chi connectivity index (χ2n) is 7.33. The van der Waals surface area contributed by atoms with Crippen molar-refractivity contribution in [3.8, 4) is 0 Å². The van der Waals surface area contributed by atoms with Crippen molar-refractivity contribution in [2.24, 2.45) is 5.92 Å². The molecule has 5 rings (SSSR count). The van der Waals surface area contributed by atoms with Gasteiger partial charge in [-0.1, -0.05) is 6.07 Å². The zero-order chi connectivity index (χ0) is 18.1. The number of imidazole rings is 1.